The van der Waals surface area contributed by atoms with Gasteiger partial charge in [0.2, 0.25) is 0 Å². The van der Waals surface area contributed by atoms with Crippen molar-refractivity contribution in [3.8, 4) is 11.5 Å². The smallest absolute Gasteiger partial charge is 0.191 e. The molecule has 0 radical (unpaired) electrons. The van der Waals surface area contributed by atoms with Crippen LogP contribution in [0.2, 0.25) is 0 Å². The molecule has 148 valence electrons. The minimum absolute atomic E-state index is 0.654. The van der Waals surface area contributed by atoms with E-state index < -0.39 is 0 Å². The van der Waals surface area contributed by atoms with Gasteiger partial charge in [0.1, 0.15) is 6.61 Å². The first-order valence-electron chi connectivity index (χ1n) is 9.13. The summed E-state index contributed by atoms with van der Waals surface area (Å²) in [4.78, 5) is 6.57. The van der Waals surface area contributed by atoms with Crippen LogP contribution in [0.25, 0.3) is 0 Å². The number of benzene rings is 1. The molecule has 0 atom stereocenters. The molecule has 0 saturated heterocycles. The Kier molecular flexibility index (Phi) is 11.7. The second-order valence-corrected chi connectivity index (χ2v) is 6.69. The third-order valence-electron chi connectivity index (χ3n) is 4.07. The van der Waals surface area contributed by atoms with Gasteiger partial charge in [-0.25, -0.2) is 0 Å². The van der Waals surface area contributed by atoms with Crippen LogP contribution in [0, 0.1) is 0 Å². The lowest BCUT2D eigenvalue weighted by Crippen LogP contribution is -2.37. The summed E-state index contributed by atoms with van der Waals surface area (Å²) in [6.45, 7) is 9.53. The highest BCUT2D eigenvalue weighted by molar-refractivity contribution is 7.98. The summed E-state index contributed by atoms with van der Waals surface area (Å²) in [5.74, 6) is 3.39. The molecule has 7 heteroatoms. The topological polar surface area (TPSA) is 58.1 Å². The number of nitrogens with zero attached hydrogens (tertiary/aromatic N) is 2. The fourth-order valence-electron chi connectivity index (χ4n) is 2.44. The van der Waals surface area contributed by atoms with Crippen LogP contribution >= 0.6 is 11.8 Å². The van der Waals surface area contributed by atoms with Gasteiger partial charge in [-0.1, -0.05) is 19.9 Å². The molecule has 0 heterocycles. The molecule has 0 fully saturated rings. The van der Waals surface area contributed by atoms with Crippen LogP contribution in [0.1, 0.15) is 19.4 Å². The van der Waals surface area contributed by atoms with E-state index in [4.69, 9.17) is 9.47 Å². The third-order valence-corrected chi connectivity index (χ3v) is 4.68. The number of rotatable bonds is 12. The predicted octanol–water partition coefficient (Wildman–Crippen LogP) is 2.44. The largest absolute Gasteiger partial charge is 0.493 e. The quantitative estimate of drug-likeness (QED) is 0.329. The van der Waals surface area contributed by atoms with Gasteiger partial charge in [-0.3, -0.25) is 4.99 Å². The molecule has 26 heavy (non-hydrogen) atoms. The first-order valence-corrected chi connectivity index (χ1v) is 10.5. The molecule has 0 aliphatic carbocycles. The summed E-state index contributed by atoms with van der Waals surface area (Å²) in [5, 5.41) is 6.60. The second kappa shape index (κ2) is 13.6. The Hall–Kier alpha value is -1.60. The van der Waals surface area contributed by atoms with Gasteiger partial charge < -0.3 is 25.0 Å². The van der Waals surface area contributed by atoms with Crippen LogP contribution in [0.4, 0.5) is 0 Å². The molecular weight excluding hydrogens is 348 g/mol. The maximum atomic E-state index is 5.90. The number of likely N-dealkylation sites (N-methyl/N-ethyl adjacent to an activating group) is 1. The van der Waals surface area contributed by atoms with Gasteiger partial charge in [0.05, 0.1) is 7.11 Å². The lowest BCUT2D eigenvalue weighted by Gasteiger charge is -2.19. The Balaban J connectivity index is 2.56. The highest BCUT2D eigenvalue weighted by Crippen LogP contribution is 2.28. The Morgan fingerprint density at radius 1 is 1.19 bits per heavy atom. The Bertz CT molecular complexity index is 536. The van der Waals surface area contributed by atoms with Crippen LogP contribution in [0.3, 0.4) is 0 Å². The number of hydrogen-bond donors (Lipinski definition) is 2. The zero-order valence-electron chi connectivity index (χ0n) is 16.8. The number of nitrogens with one attached hydrogen (secondary N) is 2. The van der Waals surface area contributed by atoms with Crippen molar-refractivity contribution >= 4 is 17.7 Å². The van der Waals surface area contributed by atoms with E-state index in [-0.39, 0.29) is 0 Å². The third kappa shape index (κ3) is 8.19. The highest BCUT2D eigenvalue weighted by atomic mass is 32.2. The van der Waals surface area contributed by atoms with E-state index in [2.05, 4.69) is 46.7 Å². The fraction of sp³-hybridized carbons (Fsp3) is 0.632. The molecule has 1 rings (SSSR count). The SMILES string of the molecule is CCN(CC)CCOc1ccc(CNC(=NC)NCCSC)cc1OC. The fourth-order valence-corrected chi connectivity index (χ4v) is 2.75. The molecule has 0 aromatic heterocycles. The molecular formula is C19H34N4O2S. The summed E-state index contributed by atoms with van der Waals surface area (Å²) >= 11 is 1.81. The van der Waals surface area contributed by atoms with Crippen molar-refractivity contribution in [2.75, 3.05) is 59.0 Å². The normalized spacial score (nSPS) is 11.5. The maximum absolute atomic E-state index is 5.90. The van der Waals surface area contributed by atoms with Gasteiger partial charge in [-0.15, -0.1) is 0 Å². The first kappa shape index (κ1) is 22.4. The van der Waals surface area contributed by atoms with Gasteiger partial charge >= 0.3 is 0 Å². The molecule has 0 aliphatic rings. The Morgan fingerprint density at radius 3 is 2.58 bits per heavy atom. The van der Waals surface area contributed by atoms with Gasteiger partial charge in [0.25, 0.3) is 0 Å². The number of thioether (sulfide) groups is 1. The Labute approximate surface area is 162 Å². The summed E-state index contributed by atoms with van der Waals surface area (Å²) in [6.07, 6.45) is 2.09. The van der Waals surface area contributed by atoms with Gasteiger partial charge in [-0.2, -0.15) is 11.8 Å². The van der Waals surface area contributed by atoms with Crippen molar-refractivity contribution in [1.82, 2.24) is 15.5 Å². The van der Waals surface area contributed by atoms with E-state index in [0.717, 1.165) is 55.0 Å². The summed E-state index contributed by atoms with van der Waals surface area (Å²) in [5.41, 5.74) is 1.12. The predicted molar refractivity (Wildman–Crippen MR) is 113 cm³/mol. The van der Waals surface area contributed by atoms with Crippen LogP contribution in [0.5, 0.6) is 11.5 Å². The molecule has 1 aromatic rings. The lowest BCUT2D eigenvalue weighted by atomic mass is 10.2. The lowest BCUT2D eigenvalue weighted by molar-refractivity contribution is 0.217. The zero-order valence-corrected chi connectivity index (χ0v) is 17.6. The van der Waals surface area contributed by atoms with E-state index in [1.807, 2.05) is 23.9 Å². The van der Waals surface area contributed by atoms with Crippen LogP contribution in [-0.2, 0) is 6.54 Å². The number of aliphatic imine (C=N–C) groups is 1. The minimum atomic E-state index is 0.654. The van der Waals surface area contributed by atoms with Crippen molar-refractivity contribution < 1.29 is 9.47 Å². The van der Waals surface area contributed by atoms with E-state index >= 15 is 0 Å². The van der Waals surface area contributed by atoms with Gasteiger partial charge in [-0.05, 0) is 37.0 Å². The van der Waals surface area contributed by atoms with Crippen molar-refractivity contribution in [2.24, 2.45) is 4.99 Å². The molecule has 0 saturated carbocycles. The molecule has 0 bridgehead atoms. The summed E-state index contributed by atoms with van der Waals surface area (Å²) in [6, 6.07) is 6.04. The van der Waals surface area contributed by atoms with E-state index in [1.54, 1.807) is 14.2 Å². The molecule has 0 aliphatic heterocycles. The zero-order chi connectivity index (χ0) is 19.2. The average Bonchev–Trinajstić information content (AvgIpc) is 2.68. The number of ether oxygens (including phenoxy) is 2. The van der Waals surface area contributed by atoms with Gasteiger partial charge in [0, 0.05) is 32.4 Å². The molecule has 2 N–H and O–H groups in total. The standard InChI is InChI=1S/C19H34N4O2S/c1-6-23(7-2)11-12-25-17-9-8-16(14-18(17)24-4)15-22-19(20-3)21-10-13-26-5/h8-9,14H,6-7,10-13,15H2,1-5H3,(H2,20,21,22). The second-order valence-electron chi connectivity index (χ2n) is 5.71. The minimum Gasteiger partial charge on any atom is -0.493 e. The summed E-state index contributed by atoms with van der Waals surface area (Å²) < 4.78 is 11.4. The van der Waals surface area contributed by atoms with Crippen LogP contribution < -0.4 is 20.1 Å². The first-order chi connectivity index (χ1) is 12.7. The Morgan fingerprint density at radius 2 is 1.96 bits per heavy atom. The summed E-state index contributed by atoms with van der Waals surface area (Å²) in [7, 11) is 3.45. The molecule has 1 aromatic carbocycles. The molecule has 6 nitrogen and oxygen atoms in total. The van der Waals surface area contributed by atoms with Crippen molar-refractivity contribution in [1.29, 1.82) is 0 Å². The van der Waals surface area contributed by atoms with Crippen LogP contribution in [0.15, 0.2) is 23.2 Å². The van der Waals surface area contributed by atoms with E-state index in [0.29, 0.717) is 13.2 Å². The average molecular weight is 383 g/mol. The number of hydrogen-bond acceptors (Lipinski definition) is 5. The number of methoxy groups -OCH3 is 1. The van der Waals surface area contributed by atoms with E-state index in [9.17, 15) is 0 Å². The molecule has 0 unspecified atom stereocenters. The highest BCUT2D eigenvalue weighted by Gasteiger charge is 2.07. The van der Waals surface area contributed by atoms with Gasteiger partial charge in [0.15, 0.2) is 17.5 Å². The van der Waals surface area contributed by atoms with Crippen molar-refractivity contribution in [3.63, 3.8) is 0 Å². The molecule has 0 amide bonds. The monoisotopic (exact) mass is 382 g/mol. The van der Waals surface area contributed by atoms with Crippen LogP contribution in [-0.4, -0.2) is 69.8 Å². The van der Waals surface area contributed by atoms with Crippen molar-refractivity contribution in [3.05, 3.63) is 23.8 Å². The van der Waals surface area contributed by atoms with Crippen molar-refractivity contribution in [2.45, 2.75) is 20.4 Å². The van der Waals surface area contributed by atoms with E-state index in [1.165, 1.54) is 0 Å². The maximum Gasteiger partial charge on any atom is 0.191 e. The number of guanidine groups is 1. The molecule has 0 spiro atoms.